The maximum absolute atomic E-state index is 12.3. The van der Waals surface area contributed by atoms with Gasteiger partial charge in [-0.05, 0) is 11.4 Å². The van der Waals surface area contributed by atoms with Gasteiger partial charge < -0.3 is 5.11 Å². The molecule has 0 aromatic carbocycles. The van der Waals surface area contributed by atoms with Crippen molar-refractivity contribution >= 4 is 21.4 Å². The molecule has 0 saturated carbocycles. The van der Waals surface area contributed by atoms with Crippen LogP contribution in [0.15, 0.2) is 34.8 Å². The van der Waals surface area contributed by atoms with Crippen molar-refractivity contribution in [3.63, 3.8) is 0 Å². The summed E-state index contributed by atoms with van der Waals surface area (Å²) in [5, 5.41) is 14.6. The predicted molar refractivity (Wildman–Crippen MR) is 72.3 cm³/mol. The lowest BCUT2D eigenvalue weighted by atomic mass is 10.5. The number of aliphatic hydroxyl groups excluding tert-OH is 1. The van der Waals surface area contributed by atoms with Gasteiger partial charge in [0.2, 0.25) is 10.0 Å². The lowest BCUT2D eigenvalue weighted by Gasteiger charge is -2.14. The molecule has 1 N–H and O–H groups in total. The summed E-state index contributed by atoms with van der Waals surface area (Å²) in [5.74, 6) is 0. The number of hydrogen-bond acceptors (Lipinski definition) is 5. The number of hydrogen-bond donors (Lipinski definition) is 1. The smallest absolute Gasteiger partial charge is 0.246 e. The van der Waals surface area contributed by atoms with E-state index in [0.717, 1.165) is 4.88 Å². The van der Waals surface area contributed by atoms with E-state index >= 15 is 0 Å². The average Bonchev–Trinajstić information content (AvgIpc) is 3.00. The van der Waals surface area contributed by atoms with Crippen molar-refractivity contribution in [2.75, 3.05) is 13.7 Å². The molecule has 2 rings (SSSR count). The Kier molecular flexibility index (Phi) is 4.35. The normalized spacial score (nSPS) is 12.2. The minimum absolute atomic E-state index is 0.0772. The lowest BCUT2D eigenvalue weighted by Crippen LogP contribution is -2.25. The molecule has 0 saturated heterocycles. The molecule has 19 heavy (non-hydrogen) atoms. The molecule has 0 amide bonds. The molecule has 0 radical (unpaired) electrons. The molecule has 8 heteroatoms. The van der Waals surface area contributed by atoms with E-state index in [9.17, 15) is 8.42 Å². The average molecular weight is 301 g/mol. The molecule has 2 aromatic heterocycles. The Morgan fingerprint density at radius 3 is 2.95 bits per heavy atom. The van der Waals surface area contributed by atoms with Crippen molar-refractivity contribution < 1.29 is 13.5 Å². The monoisotopic (exact) mass is 301 g/mol. The van der Waals surface area contributed by atoms with Gasteiger partial charge in [-0.15, -0.1) is 11.3 Å². The van der Waals surface area contributed by atoms with E-state index in [1.54, 1.807) is 7.05 Å². The molecule has 0 bridgehead atoms. The minimum atomic E-state index is -3.54. The quantitative estimate of drug-likeness (QED) is 0.854. The Morgan fingerprint density at radius 2 is 2.32 bits per heavy atom. The van der Waals surface area contributed by atoms with Crippen molar-refractivity contribution in [2.45, 2.75) is 18.0 Å². The van der Waals surface area contributed by atoms with Crippen LogP contribution in [-0.4, -0.2) is 41.3 Å². The van der Waals surface area contributed by atoms with Crippen LogP contribution in [0.4, 0.5) is 0 Å². The van der Waals surface area contributed by atoms with Gasteiger partial charge in [0, 0.05) is 24.7 Å². The summed E-state index contributed by atoms with van der Waals surface area (Å²) >= 11 is 1.52. The molecule has 0 unspecified atom stereocenters. The summed E-state index contributed by atoms with van der Waals surface area (Å²) in [6, 6.07) is 3.78. The van der Waals surface area contributed by atoms with Gasteiger partial charge in [0.05, 0.1) is 19.3 Å². The maximum atomic E-state index is 12.3. The van der Waals surface area contributed by atoms with Gasteiger partial charge in [0.15, 0.2) is 0 Å². The van der Waals surface area contributed by atoms with Crippen LogP contribution in [0.2, 0.25) is 0 Å². The van der Waals surface area contributed by atoms with Gasteiger partial charge in [-0.1, -0.05) is 6.07 Å². The second-order valence-corrected chi connectivity index (χ2v) is 7.08. The molecule has 6 nitrogen and oxygen atoms in total. The Balaban J connectivity index is 2.16. The van der Waals surface area contributed by atoms with Crippen LogP contribution >= 0.6 is 11.3 Å². The first-order valence-electron chi connectivity index (χ1n) is 5.66. The summed E-state index contributed by atoms with van der Waals surface area (Å²) in [6.45, 7) is 0.543. The first-order chi connectivity index (χ1) is 9.04. The topological polar surface area (TPSA) is 75.4 Å². The van der Waals surface area contributed by atoms with Gasteiger partial charge in [-0.2, -0.15) is 9.40 Å². The summed E-state index contributed by atoms with van der Waals surface area (Å²) in [4.78, 5) is 1.12. The summed E-state index contributed by atoms with van der Waals surface area (Å²) in [5.41, 5.74) is 0. The largest absolute Gasteiger partial charge is 0.394 e. The molecule has 0 atom stereocenters. The second-order valence-electron chi connectivity index (χ2n) is 4.00. The highest BCUT2D eigenvalue weighted by molar-refractivity contribution is 7.89. The fraction of sp³-hybridized carbons (Fsp3) is 0.364. The van der Waals surface area contributed by atoms with Gasteiger partial charge in [0.25, 0.3) is 0 Å². The molecule has 104 valence electrons. The fourth-order valence-electron chi connectivity index (χ4n) is 1.59. The van der Waals surface area contributed by atoms with Crippen molar-refractivity contribution in [3.8, 4) is 0 Å². The maximum Gasteiger partial charge on any atom is 0.246 e. The van der Waals surface area contributed by atoms with Crippen LogP contribution in [0.3, 0.4) is 0 Å². The van der Waals surface area contributed by atoms with E-state index in [1.165, 1.54) is 32.7 Å². The van der Waals surface area contributed by atoms with Gasteiger partial charge in [-0.3, -0.25) is 4.68 Å². The van der Waals surface area contributed by atoms with Crippen LogP contribution in [0, 0.1) is 0 Å². The third kappa shape index (κ3) is 3.21. The van der Waals surface area contributed by atoms with Crippen molar-refractivity contribution in [2.24, 2.45) is 0 Å². The van der Waals surface area contributed by atoms with Crippen LogP contribution in [0.1, 0.15) is 4.88 Å². The van der Waals surface area contributed by atoms with E-state index in [-0.39, 0.29) is 18.0 Å². The Morgan fingerprint density at radius 1 is 1.53 bits per heavy atom. The molecular formula is C11H15N3O3S2. The summed E-state index contributed by atoms with van der Waals surface area (Å²) < 4.78 is 27.3. The van der Waals surface area contributed by atoms with Gasteiger partial charge in [0.1, 0.15) is 4.90 Å². The third-order valence-corrected chi connectivity index (χ3v) is 5.22. The first kappa shape index (κ1) is 14.2. The van der Waals surface area contributed by atoms with Crippen molar-refractivity contribution in [3.05, 3.63) is 34.8 Å². The summed E-state index contributed by atoms with van der Waals surface area (Å²) in [6.07, 6.45) is 2.73. The van der Waals surface area contributed by atoms with E-state index < -0.39 is 10.0 Å². The SMILES string of the molecule is CN(Cc1cccs1)S(=O)(=O)c1cnn(CCO)c1. The fourth-order valence-corrected chi connectivity index (χ4v) is 3.53. The molecule has 0 fully saturated rings. The number of nitrogens with zero attached hydrogens (tertiary/aromatic N) is 3. The molecule has 2 aromatic rings. The lowest BCUT2D eigenvalue weighted by molar-refractivity contribution is 0.269. The second kappa shape index (κ2) is 5.83. The molecular weight excluding hydrogens is 286 g/mol. The molecule has 0 aliphatic heterocycles. The standard InChI is InChI=1S/C11H15N3O3S2/c1-13(8-10-3-2-6-18-10)19(16,17)11-7-12-14(9-11)4-5-15/h2-3,6-7,9,15H,4-5,8H2,1H3. The van der Waals surface area contributed by atoms with Crippen LogP contribution < -0.4 is 0 Å². The minimum Gasteiger partial charge on any atom is -0.394 e. The molecule has 0 spiro atoms. The Hall–Kier alpha value is -1.22. The van der Waals surface area contributed by atoms with E-state index in [1.807, 2.05) is 17.5 Å². The highest BCUT2D eigenvalue weighted by atomic mass is 32.2. The highest BCUT2D eigenvalue weighted by Crippen LogP contribution is 2.18. The van der Waals surface area contributed by atoms with Gasteiger partial charge in [-0.25, -0.2) is 8.42 Å². The van der Waals surface area contributed by atoms with Crippen LogP contribution in [0.25, 0.3) is 0 Å². The Labute approximate surface area is 116 Å². The molecule has 2 heterocycles. The summed E-state index contributed by atoms with van der Waals surface area (Å²) in [7, 11) is -2.00. The number of aliphatic hydroxyl groups is 1. The van der Waals surface area contributed by atoms with Crippen LogP contribution in [-0.2, 0) is 23.1 Å². The Bertz CT molecular complexity index is 619. The first-order valence-corrected chi connectivity index (χ1v) is 7.98. The molecule has 0 aliphatic carbocycles. The highest BCUT2D eigenvalue weighted by Gasteiger charge is 2.22. The number of sulfonamides is 1. The van der Waals surface area contributed by atoms with E-state index in [4.69, 9.17) is 5.11 Å². The number of aromatic nitrogens is 2. The molecule has 0 aliphatic rings. The van der Waals surface area contributed by atoms with Crippen LogP contribution in [0.5, 0.6) is 0 Å². The number of thiophene rings is 1. The number of rotatable bonds is 6. The third-order valence-electron chi connectivity index (χ3n) is 2.61. The zero-order valence-electron chi connectivity index (χ0n) is 10.4. The van der Waals surface area contributed by atoms with E-state index in [0.29, 0.717) is 6.54 Å². The predicted octanol–water partition coefficient (Wildman–Crippen LogP) is 0.758. The van der Waals surface area contributed by atoms with Crippen molar-refractivity contribution in [1.29, 1.82) is 0 Å². The van der Waals surface area contributed by atoms with E-state index in [2.05, 4.69) is 5.10 Å². The zero-order chi connectivity index (χ0) is 13.9. The van der Waals surface area contributed by atoms with Gasteiger partial charge >= 0.3 is 0 Å². The zero-order valence-corrected chi connectivity index (χ0v) is 12.1. The van der Waals surface area contributed by atoms with Crippen molar-refractivity contribution in [1.82, 2.24) is 14.1 Å².